The number of aryl methyl sites for hydroxylation is 2. The molecule has 0 bridgehead atoms. The third-order valence-corrected chi connectivity index (χ3v) is 2.86. The van der Waals surface area contributed by atoms with Crippen molar-refractivity contribution < 1.29 is 14.0 Å². The van der Waals surface area contributed by atoms with Gasteiger partial charge in [0.05, 0.1) is 0 Å². The Balaban J connectivity index is 2.48. The van der Waals surface area contributed by atoms with Gasteiger partial charge in [0, 0.05) is 6.20 Å². The average molecular weight is 216 g/mol. The molecule has 0 atom stereocenters. The number of hydrogen-bond donors (Lipinski definition) is 1. The first kappa shape index (κ1) is 9.08. The van der Waals surface area contributed by atoms with Gasteiger partial charge in [0.25, 0.3) is 11.8 Å². The van der Waals surface area contributed by atoms with E-state index in [0.29, 0.717) is 11.1 Å². The molecule has 0 aromatic carbocycles. The van der Waals surface area contributed by atoms with E-state index in [2.05, 4.69) is 10.3 Å². The Labute approximate surface area is 90.5 Å². The summed E-state index contributed by atoms with van der Waals surface area (Å²) < 4.78 is 5.41. The zero-order chi connectivity index (χ0) is 11.4. The standard InChI is InChI=1S/C11H8N2O3/c1-4-3-12-7-6-9(11(15)13-10(6)14)16-8(7)5(4)2/h3H,1-2H3,(H,13,14,15). The molecule has 1 N–H and O–H groups in total. The number of rotatable bonds is 0. The van der Waals surface area contributed by atoms with Gasteiger partial charge in [-0.15, -0.1) is 0 Å². The van der Waals surface area contributed by atoms with E-state index in [1.807, 2.05) is 13.8 Å². The summed E-state index contributed by atoms with van der Waals surface area (Å²) in [7, 11) is 0. The highest BCUT2D eigenvalue weighted by molar-refractivity contribution is 6.25. The summed E-state index contributed by atoms with van der Waals surface area (Å²) >= 11 is 0. The van der Waals surface area contributed by atoms with Crippen LogP contribution in [-0.2, 0) is 0 Å². The molecule has 0 spiro atoms. The third-order valence-electron chi connectivity index (χ3n) is 2.86. The number of furan rings is 1. The monoisotopic (exact) mass is 216 g/mol. The molecular formula is C11H8N2O3. The lowest BCUT2D eigenvalue weighted by atomic mass is 10.1. The lowest BCUT2D eigenvalue weighted by Crippen LogP contribution is -2.20. The van der Waals surface area contributed by atoms with Crippen molar-refractivity contribution in [1.29, 1.82) is 0 Å². The second-order valence-corrected chi connectivity index (χ2v) is 3.83. The van der Waals surface area contributed by atoms with E-state index in [4.69, 9.17) is 4.42 Å². The van der Waals surface area contributed by atoms with Crippen LogP contribution < -0.4 is 5.32 Å². The molecule has 5 heteroatoms. The molecule has 0 radical (unpaired) electrons. The minimum atomic E-state index is -0.491. The molecule has 5 nitrogen and oxygen atoms in total. The molecule has 3 rings (SSSR count). The van der Waals surface area contributed by atoms with Gasteiger partial charge in [-0.1, -0.05) is 0 Å². The molecule has 2 amide bonds. The Morgan fingerprint density at radius 2 is 2.00 bits per heavy atom. The van der Waals surface area contributed by atoms with E-state index in [9.17, 15) is 9.59 Å². The van der Waals surface area contributed by atoms with E-state index in [1.165, 1.54) is 0 Å². The molecule has 0 unspecified atom stereocenters. The number of fused-ring (bicyclic) bond motifs is 3. The van der Waals surface area contributed by atoms with Gasteiger partial charge in [0.2, 0.25) is 5.76 Å². The molecule has 0 saturated heterocycles. The zero-order valence-electron chi connectivity index (χ0n) is 8.75. The fraction of sp³-hybridized carbons (Fsp3) is 0.182. The maximum Gasteiger partial charge on any atom is 0.294 e. The van der Waals surface area contributed by atoms with Crippen LogP contribution in [0.5, 0.6) is 0 Å². The lowest BCUT2D eigenvalue weighted by molar-refractivity contribution is 0.0870. The van der Waals surface area contributed by atoms with E-state index < -0.39 is 11.8 Å². The van der Waals surface area contributed by atoms with E-state index in [0.717, 1.165) is 11.1 Å². The fourth-order valence-electron chi connectivity index (χ4n) is 1.83. The second kappa shape index (κ2) is 2.69. The number of aromatic nitrogens is 1. The summed E-state index contributed by atoms with van der Waals surface area (Å²) in [6.07, 6.45) is 1.67. The molecule has 80 valence electrons. The molecule has 3 heterocycles. The number of carbonyl (C=O) groups is 2. The summed E-state index contributed by atoms with van der Waals surface area (Å²) in [5.74, 6) is -0.856. The molecule has 1 aliphatic heterocycles. The molecule has 0 aliphatic carbocycles. The summed E-state index contributed by atoms with van der Waals surface area (Å²) in [6, 6.07) is 0. The summed E-state index contributed by atoms with van der Waals surface area (Å²) in [5.41, 5.74) is 3.10. The van der Waals surface area contributed by atoms with Crippen LogP contribution in [-0.4, -0.2) is 16.8 Å². The van der Waals surface area contributed by atoms with Crippen LogP contribution in [0.2, 0.25) is 0 Å². The minimum absolute atomic E-state index is 0.0706. The van der Waals surface area contributed by atoms with Crippen molar-refractivity contribution in [3.63, 3.8) is 0 Å². The molecule has 16 heavy (non-hydrogen) atoms. The highest BCUT2D eigenvalue weighted by Gasteiger charge is 2.35. The van der Waals surface area contributed by atoms with Crippen molar-refractivity contribution in [1.82, 2.24) is 10.3 Å². The first-order chi connectivity index (χ1) is 7.59. The van der Waals surface area contributed by atoms with Gasteiger partial charge < -0.3 is 4.42 Å². The normalized spacial score (nSPS) is 14.4. The summed E-state index contributed by atoms with van der Waals surface area (Å²) in [5, 5.41) is 2.18. The van der Waals surface area contributed by atoms with Crippen molar-refractivity contribution in [3.05, 3.63) is 28.6 Å². The van der Waals surface area contributed by atoms with Crippen LogP contribution in [0.1, 0.15) is 32.0 Å². The second-order valence-electron chi connectivity index (χ2n) is 3.83. The first-order valence-corrected chi connectivity index (χ1v) is 4.84. The third kappa shape index (κ3) is 0.920. The number of amides is 2. The van der Waals surface area contributed by atoms with Crippen LogP contribution in [0.15, 0.2) is 10.6 Å². The molecule has 0 saturated carbocycles. The van der Waals surface area contributed by atoms with Gasteiger partial charge in [0.1, 0.15) is 11.1 Å². The Kier molecular flexibility index (Phi) is 1.53. The predicted molar refractivity (Wildman–Crippen MR) is 55.3 cm³/mol. The van der Waals surface area contributed by atoms with Gasteiger partial charge in [-0.25, -0.2) is 0 Å². The smallest absolute Gasteiger partial charge is 0.294 e. The Hall–Kier alpha value is -2.17. The van der Waals surface area contributed by atoms with Crippen molar-refractivity contribution in [2.75, 3.05) is 0 Å². The van der Waals surface area contributed by atoms with Crippen LogP contribution in [0.3, 0.4) is 0 Å². The van der Waals surface area contributed by atoms with E-state index in [-0.39, 0.29) is 11.3 Å². The highest BCUT2D eigenvalue weighted by atomic mass is 16.4. The van der Waals surface area contributed by atoms with Crippen molar-refractivity contribution in [2.45, 2.75) is 13.8 Å². The van der Waals surface area contributed by atoms with Crippen molar-refractivity contribution in [2.24, 2.45) is 0 Å². The van der Waals surface area contributed by atoms with E-state index in [1.54, 1.807) is 6.20 Å². The van der Waals surface area contributed by atoms with Crippen LogP contribution in [0.25, 0.3) is 11.1 Å². The Morgan fingerprint density at radius 3 is 2.75 bits per heavy atom. The van der Waals surface area contributed by atoms with Gasteiger partial charge in [-0.2, -0.15) is 0 Å². The Morgan fingerprint density at radius 1 is 1.25 bits per heavy atom. The zero-order valence-corrected chi connectivity index (χ0v) is 8.75. The number of nitrogens with one attached hydrogen (secondary N) is 1. The summed E-state index contributed by atoms with van der Waals surface area (Å²) in [4.78, 5) is 27.1. The number of hydrogen-bond acceptors (Lipinski definition) is 4. The van der Waals surface area contributed by atoms with Crippen molar-refractivity contribution >= 4 is 22.9 Å². The largest absolute Gasteiger partial charge is 0.448 e. The topological polar surface area (TPSA) is 72.2 Å². The van der Waals surface area contributed by atoms with Crippen LogP contribution in [0, 0.1) is 13.8 Å². The lowest BCUT2D eigenvalue weighted by Gasteiger charge is -1.99. The van der Waals surface area contributed by atoms with Gasteiger partial charge >= 0.3 is 0 Å². The molecule has 2 aromatic rings. The average Bonchev–Trinajstić information content (AvgIpc) is 2.74. The van der Waals surface area contributed by atoms with Crippen LogP contribution >= 0.6 is 0 Å². The minimum Gasteiger partial charge on any atom is -0.448 e. The van der Waals surface area contributed by atoms with E-state index >= 15 is 0 Å². The predicted octanol–water partition coefficient (Wildman–Crippen LogP) is 1.33. The van der Waals surface area contributed by atoms with Crippen molar-refractivity contribution in [3.8, 4) is 0 Å². The van der Waals surface area contributed by atoms with Crippen LogP contribution in [0.4, 0.5) is 0 Å². The quantitative estimate of drug-likeness (QED) is 0.674. The van der Waals surface area contributed by atoms with Gasteiger partial charge in [-0.05, 0) is 25.0 Å². The Bertz CT molecular complexity index is 655. The summed E-state index contributed by atoms with van der Waals surface area (Å²) in [6.45, 7) is 3.78. The maximum atomic E-state index is 11.5. The number of carbonyl (C=O) groups excluding carboxylic acids is 2. The fourth-order valence-corrected chi connectivity index (χ4v) is 1.83. The molecular weight excluding hydrogens is 208 g/mol. The number of pyridine rings is 1. The van der Waals surface area contributed by atoms with Gasteiger partial charge in [-0.3, -0.25) is 19.9 Å². The number of nitrogens with zero attached hydrogens (tertiary/aromatic N) is 1. The molecule has 2 aromatic heterocycles. The highest BCUT2D eigenvalue weighted by Crippen LogP contribution is 2.30. The SMILES string of the molecule is Cc1cnc2c3c(oc2c1C)C(=O)NC3=O. The molecule has 0 fully saturated rings. The maximum absolute atomic E-state index is 11.5. The van der Waals surface area contributed by atoms with Gasteiger partial charge in [0.15, 0.2) is 5.58 Å². The first-order valence-electron chi connectivity index (χ1n) is 4.84. The molecule has 1 aliphatic rings. The number of imide groups is 1.